The number of fused-ring (bicyclic) bond motifs is 3. The summed E-state index contributed by atoms with van der Waals surface area (Å²) in [7, 11) is 0. The van der Waals surface area contributed by atoms with E-state index in [1.54, 1.807) is 27.7 Å². The molecule has 0 spiro atoms. The number of hydrogen-bond donors (Lipinski definition) is 1. The van der Waals surface area contributed by atoms with Gasteiger partial charge in [0.15, 0.2) is 24.0 Å². The Bertz CT molecular complexity index is 811. The monoisotopic (exact) mass is 433 g/mol. The van der Waals surface area contributed by atoms with Crippen LogP contribution < -0.4 is 10.1 Å². The molecule has 11 heteroatoms. The molecule has 0 saturated carbocycles. The molecule has 3 aliphatic heterocycles. The van der Waals surface area contributed by atoms with E-state index in [4.69, 9.17) is 23.7 Å². The average Bonchev–Trinajstić information content (AvgIpc) is 3.08. The molecule has 3 fully saturated rings. The number of ether oxygens (including phenoxy) is 6. The fraction of sp³-hybridized carbons (Fsp3) is 0.632. The maximum atomic E-state index is 12.9. The molecule has 3 aliphatic rings. The van der Waals surface area contributed by atoms with Crippen LogP contribution in [0.2, 0.25) is 0 Å². The van der Waals surface area contributed by atoms with Gasteiger partial charge in [0.05, 0.1) is 0 Å². The van der Waals surface area contributed by atoms with Crippen molar-refractivity contribution in [3.8, 4) is 5.75 Å². The van der Waals surface area contributed by atoms with Gasteiger partial charge in [-0.15, -0.1) is 13.2 Å². The zero-order valence-electron chi connectivity index (χ0n) is 16.7. The summed E-state index contributed by atoms with van der Waals surface area (Å²) in [5, 5.41) is 2.61. The van der Waals surface area contributed by atoms with Gasteiger partial charge in [0.2, 0.25) is 0 Å². The second-order valence-corrected chi connectivity index (χ2v) is 8.15. The third kappa shape index (κ3) is 4.40. The van der Waals surface area contributed by atoms with Crippen LogP contribution in [0, 0.1) is 0 Å². The van der Waals surface area contributed by atoms with Crippen LogP contribution in [0.1, 0.15) is 27.7 Å². The lowest BCUT2D eigenvalue weighted by Gasteiger charge is -2.36. The summed E-state index contributed by atoms with van der Waals surface area (Å²) in [6, 6.07) is 4.77. The molecule has 0 bridgehead atoms. The number of amides is 1. The molecule has 3 saturated heterocycles. The second-order valence-electron chi connectivity index (χ2n) is 8.15. The van der Waals surface area contributed by atoms with E-state index in [9.17, 15) is 18.0 Å². The minimum Gasteiger partial charge on any atom is -0.406 e. The molecule has 0 aromatic heterocycles. The molecule has 166 valence electrons. The fourth-order valence-electron chi connectivity index (χ4n) is 3.78. The van der Waals surface area contributed by atoms with Crippen LogP contribution in [0.4, 0.5) is 18.9 Å². The van der Waals surface area contributed by atoms with E-state index in [2.05, 4.69) is 10.1 Å². The lowest BCUT2D eigenvalue weighted by molar-refractivity contribution is -0.274. The number of hydrogen-bond acceptors (Lipinski definition) is 7. The first-order chi connectivity index (χ1) is 13.8. The van der Waals surface area contributed by atoms with Crippen molar-refractivity contribution in [3.05, 3.63) is 24.3 Å². The Morgan fingerprint density at radius 1 is 0.933 bits per heavy atom. The van der Waals surface area contributed by atoms with E-state index in [1.165, 1.54) is 12.1 Å². The molecule has 4 rings (SSSR count). The third-order valence-electron chi connectivity index (χ3n) is 4.77. The minimum absolute atomic E-state index is 0.263. The first-order valence-electron chi connectivity index (χ1n) is 9.35. The summed E-state index contributed by atoms with van der Waals surface area (Å²) in [6.45, 7) is 6.89. The van der Waals surface area contributed by atoms with Crippen LogP contribution in [0.3, 0.4) is 0 Å². The van der Waals surface area contributed by atoms with Gasteiger partial charge in [0.25, 0.3) is 5.91 Å². The molecule has 30 heavy (non-hydrogen) atoms. The van der Waals surface area contributed by atoms with Crippen LogP contribution in [0.25, 0.3) is 0 Å². The predicted octanol–water partition coefficient (Wildman–Crippen LogP) is 2.92. The van der Waals surface area contributed by atoms with E-state index >= 15 is 0 Å². The number of anilines is 1. The number of benzene rings is 1. The van der Waals surface area contributed by atoms with Crippen LogP contribution in [0.5, 0.6) is 5.75 Å². The summed E-state index contributed by atoms with van der Waals surface area (Å²) in [6.07, 6.45) is -8.64. The normalized spacial score (nSPS) is 34.2. The number of alkyl halides is 3. The maximum Gasteiger partial charge on any atom is 0.573 e. The largest absolute Gasteiger partial charge is 0.573 e. The van der Waals surface area contributed by atoms with Crippen molar-refractivity contribution in [2.24, 2.45) is 0 Å². The molecule has 1 N–H and O–H groups in total. The summed E-state index contributed by atoms with van der Waals surface area (Å²) >= 11 is 0. The Labute approximate surface area is 170 Å². The third-order valence-corrected chi connectivity index (χ3v) is 4.77. The topological polar surface area (TPSA) is 84.5 Å². The van der Waals surface area contributed by atoms with Gasteiger partial charge < -0.3 is 33.7 Å². The molecule has 1 amide bonds. The van der Waals surface area contributed by atoms with Crippen LogP contribution in [0.15, 0.2) is 24.3 Å². The number of carbonyl (C=O) groups is 1. The number of rotatable bonds is 3. The van der Waals surface area contributed by atoms with Gasteiger partial charge in [-0.2, -0.15) is 0 Å². The average molecular weight is 433 g/mol. The molecule has 5 atom stereocenters. The van der Waals surface area contributed by atoms with Crippen LogP contribution >= 0.6 is 0 Å². The number of nitrogens with one attached hydrogen (secondary N) is 1. The van der Waals surface area contributed by atoms with Gasteiger partial charge in [-0.25, -0.2) is 0 Å². The Morgan fingerprint density at radius 3 is 2.13 bits per heavy atom. The van der Waals surface area contributed by atoms with E-state index in [0.29, 0.717) is 0 Å². The molecular weight excluding hydrogens is 411 g/mol. The van der Waals surface area contributed by atoms with E-state index < -0.39 is 60.3 Å². The fourth-order valence-corrected chi connectivity index (χ4v) is 3.78. The zero-order chi connectivity index (χ0) is 21.9. The smallest absolute Gasteiger partial charge is 0.406 e. The first kappa shape index (κ1) is 21.3. The Kier molecular flexibility index (Phi) is 5.02. The molecule has 0 aliphatic carbocycles. The Morgan fingerprint density at radius 2 is 1.50 bits per heavy atom. The predicted molar refractivity (Wildman–Crippen MR) is 94.3 cm³/mol. The summed E-state index contributed by atoms with van der Waals surface area (Å²) in [5.41, 5.74) is 0.263. The summed E-state index contributed by atoms with van der Waals surface area (Å²) in [5.74, 6) is -2.83. The second kappa shape index (κ2) is 7.06. The Hall–Kier alpha value is -1.92. The van der Waals surface area contributed by atoms with E-state index in [0.717, 1.165) is 12.1 Å². The van der Waals surface area contributed by atoms with Crippen LogP contribution in [-0.4, -0.2) is 54.5 Å². The summed E-state index contributed by atoms with van der Waals surface area (Å²) in [4.78, 5) is 12.9. The van der Waals surface area contributed by atoms with Crippen molar-refractivity contribution in [1.82, 2.24) is 0 Å². The van der Waals surface area contributed by atoms with Crippen molar-refractivity contribution < 1.29 is 46.4 Å². The highest BCUT2D eigenvalue weighted by atomic mass is 19.4. The minimum atomic E-state index is -4.80. The zero-order valence-corrected chi connectivity index (χ0v) is 16.7. The SMILES string of the molecule is CC1(C)O[C@@H]2O[C@@H](C(=O)Nc3ccc(OC(F)(F)F)cc3)[C@H]3OC(C)(C)O[C@@H]3[C@H]2O1. The number of halogens is 3. The van der Waals surface area contributed by atoms with Gasteiger partial charge in [-0.05, 0) is 52.0 Å². The van der Waals surface area contributed by atoms with E-state index in [1.807, 2.05) is 0 Å². The van der Waals surface area contributed by atoms with Gasteiger partial charge >= 0.3 is 6.36 Å². The highest BCUT2D eigenvalue weighted by Crippen LogP contribution is 2.44. The Balaban J connectivity index is 1.49. The lowest BCUT2D eigenvalue weighted by Crippen LogP contribution is -2.58. The molecule has 0 unspecified atom stereocenters. The van der Waals surface area contributed by atoms with Gasteiger partial charge in [-0.3, -0.25) is 4.79 Å². The molecule has 1 aromatic rings. The maximum absolute atomic E-state index is 12.9. The lowest BCUT2D eigenvalue weighted by atomic mass is 9.98. The molecular formula is C19H22F3NO7. The highest BCUT2D eigenvalue weighted by molar-refractivity contribution is 5.94. The van der Waals surface area contributed by atoms with Crippen molar-refractivity contribution in [3.63, 3.8) is 0 Å². The quantitative estimate of drug-likeness (QED) is 0.785. The number of carbonyl (C=O) groups excluding carboxylic acids is 1. The highest BCUT2D eigenvalue weighted by Gasteiger charge is 2.62. The van der Waals surface area contributed by atoms with Gasteiger partial charge in [0.1, 0.15) is 24.1 Å². The van der Waals surface area contributed by atoms with Gasteiger partial charge in [0, 0.05) is 5.69 Å². The standard InChI is InChI=1S/C19H22F3NO7/c1-17(2)27-11-12(28-17)14-16(30-18(3,4)29-14)25-13(11)15(24)23-9-5-7-10(8-6-9)26-19(20,21)22/h5-8,11-14,16H,1-4H3,(H,23,24)/t11-,12-,13+,14+,16-/m0/s1. The first-order valence-corrected chi connectivity index (χ1v) is 9.35. The van der Waals surface area contributed by atoms with Crippen molar-refractivity contribution in [2.75, 3.05) is 5.32 Å². The molecule has 3 heterocycles. The molecule has 8 nitrogen and oxygen atoms in total. The molecule has 1 aromatic carbocycles. The van der Waals surface area contributed by atoms with E-state index in [-0.39, 0.29) is 5.69 Å². The van der Waals surface area contributed by atoms with Crippen molar-refractivity contribution >= 4 is 11.6 Å². The van der Waals surface area contributed by atoms with Crippen molar-refractivity contribution in [2.45, 2.75) is 76.3 Å². The molecule has 0 radical (unpaired) electrons. The van der Waals surface area contributed by atoms with Crippen molar-refractivity contribution in [1.29, 1.82) is 0 Å². The van der Waals surface area contributed by atoms with Crippen LogP contribution in [-0.2, 0) is 28.5 Å². The van der Waals surface area contributed by atoms with Gasteiger partial charge in [-0.1, -0.05) is 0 Å². The summed E-state index contributed by atoms with van der Waals surface area (Å²) < 4.78 is 70.0.